The highest BCUT2D eigenvalue weighted by Gasteiger charge is 2.35. The van der Waals surface area contributed by atoms with Gasteiger partial charge >= 0.3 is 0 Å². The summed E-state index contributed by atoms with van der Waals surface area (Å²) in [5.41, 5.74) is 0.185. The Balaban J connectivity index is 1.67. The fraction of sp³-hybridized carbons (Fsp3) is 0.538. The number of alkyl halides is 1. The summed E-state index contributed by atoms with van der Waals surface area (Å²) in [5, 5.41) is 3.50. The van der Waals surface area contributed by atoms with Gasteiger partial charge in [0, 0.05) is 22.4 Å². The molecule has 0 radical (unpaired) electrons. The molecule has 1 aliphatic rings. The molecule has 0 amide bonds. The lowest BCUT2D eigenvalue weighted by molar-refractivity contribution is 0.195. The number of benzene rings is 1. The first-order valence-electron chi connectivity index (χ1n) is 5.93. The van der Waals surface area contributed by atoms with Crippen LogP contribution in [0, 0.1) is 0 Å². The number of rotatable bonds is 6. The molecule has 4 heteroatoms. The number of ether oxygens (including phenoxy) is 1. The van der Waals surface area contributed by atoms with E-state index in [9.17, 15) is 0 Å². The van der Waals surface area contributed by atoms with Crippen molar-refractivity contribution in [1.82, 2.24) is 5.32 Å². The van der Waals surface area contributed by atoms with Crippen LogP contribution in [0.5, 0.6) is 5.75 Å². The van der Waals surface area contributed by atoms with E-state index in [4.69, 9.17) is 16.3 Å². The molecular formula is C13H17BrClNO. The molecule has 0 aromatic heterocycles. The van der Waals surface area contributed by atoms with E-state index in [0.29, 0.717) is 12.5 Å². The van der Waals surface area contributed by atoms with E-state index in [1.165, 1.54) is 19.3 Å². The van der Waals surface area contributed by atoms with Crippen molar-refractivity contribution in [2.24, 2.45) is 0 Å². The number of hydrogen-bond acceptors (Lipinski definition) is 2. The Labute approximate surface area is 116 Å². The lowest BCUT2D eigenvalue weighted by atomic mass is 9.78. The van der Waals surface area contributed by atoms with Crippen LogP contribution in [0.25, 0.3) is 0 Å². The summed E-state index contributed by atoms with van der Waals surface area (Å²) in [7, 11) is 0. The third-order valence-electron chi connectivity index (χ3n) is 3.25. The van der Waals surface area contributed by atoms with Gasteiger partial charge in [-0.15, -0.1) is 11.6 Å². The molecule has 0 spiro atoms. The van der Waals surface area contributed by atoms with E-state index < -0.39 is 0 Å². The molecule has 1 fully saturated rings. The molecule has 2 nitrogen and oxygen atoms in total. The van der Waals surface area contributed by atoms with Gasteiger partial charge in [-0.2, -0.15) is 0 Å². The highest BCUT2D eigenvalue weighted by molar-refractivity contribution is 9.10. The summed E-state index contributed by atoms with van der Waals surface area (Å²) < 4.78 is 6.71. The van der Waals surface area contributed by atoms with Gasteiger partial charge < -0.3 is 10.1 Å². The van der Waals surface area contributed by atoms with Crippen LogP contribution in [0.15, 0.2) is 28.7 Å². The average molecular weight is 319 g/mol. The summed E-state index contributed by atoms with van der Waals surface area (Å²) in [4.78, 5) is 0. The molecule has 1 N–H and O–H groups in total. The average Bonchev–Trinajstić information content (AvgIpc) is 2.30. The molecule has 0 unspecified atom stereocenters. The first-order chi connectivity index (χ1) is 8.24. The molecule has 0 atom stereocenters. The van der Waals surface area contributed by atoms with E-state index in [1.54, 1.807) is 0 Å². The Hall–Kier alpha value is -0.250. The smallest absolute Gasteiger partial charge is 0.119 e. The van der Waals surface area contributed by atoms with Crippen molar-refractivity contribution in [3.05, 3.63) is 28.7 Å². The Bertz CT molecular complexity index is 345. The molecule has 1 aromatic carbocycles. The van der Waals surface area contributed by atoms with E-state index >= 15 is 0 Å². The second-order valence-corrected chi connectivity index (χ2v) is 5.68. The van der Waals surface area contributed by atoms with Gasteiger partial charge in [-0.1, -0.05) is 15.9 Å². The Morgan fingerprint density at radius 2 is 2.00 bits per heavy atom. The minimum absolute atomic E-state index is 0.185. The van der Waals surface area contributed by atoms with E-state index in [0.717, 1.165) is 16.8 Å². The van der Waals surface area contributed by atoms with Gasteiger partial charge in [-0.05, 0) is 43.5 Å². The molecule has 17 heavy (non-hydrogen) atoms. The lowest BCUT2D eigenvalue weighted by Gasteiger charge is -2.41. The van der Waals surface area contributed by atoms with Crippen LogP contribution in [0.4, 0.5) is 0 Å². The van der Waals surface area contributed by atoms with Crippen molar-refractivity contribution in [3.8, 4) is 5.75 Å². The Kier molecular flexibility index (Phi) is 4.71. The normalized spacial score (nSPS) is 17.5. The zero-order valence-electron chi connectivity index (χ0n) is 9.72. The molecular weight excluding hydrogens is 302 g/mol. The van der Waals surface area contributed by atoms with Crippen LogP contribution in [-0.4, -0.2) is 24.6 Å². The quantitative estimate of drug-likeness (QED) is 0.639. The number of hydrogen-bond donors (Lipinski definition) is 1. The van der Waals surface area contributed by atoms with E-state index in [2.05, 4.69) is 21.2 Å². The van der Waals surface area contributed by atoms with Crippen LogP contribution in [0.3, 0.4) is 0 Å². The van der Waals surface area contributed by atoms with Gasteiger partial charge in [-0.25, -0.2) is 0 Å². The Morgan fingerprint density at radius 1 is 1.29 bits per heavy atom. The highest BCUT2D eigenvalue weighted by atomic mass is 79.9. The second kappa shape index (κ2) is 6.07. The van der Waals surface area contributed by atoms with Gasteiger partial charge in [0.15, 0.2) is 0 Å². The summed E-state index contributed by atoms with van der Waals surface area (Å²) >= 11 is 9.36. The van der Waals surface area contributed by atoms with Crippen molar-refractivity contribution in [3.63, 3.8) is 0 Å². The monoisotopic (exact) mass is 317 g/mol. The summed E-state index contributed by atoms with van der Waals surface area (Å²) in [6, 6.07) is 7.89. The molecule has 0 saturated heterocycles. The largest absolute Gasteiger partial charge is 0.492 e. The molecule has 0 heterocycles. The first-order valence-corrected chi connectivity index (χ1v) is 7.26. The molecule has 1 aliphatic carbocycles. The maximum atomic E-state index is 5.96. The predicted molar refractivity (Wildman–Crippen MR) is 74.9 cm³/mol. The van der Waals surface area contributed by atoms with Crippen LogP contribution >= 0.6 is 27.5 Å². The van der Waals surface area contributed by atoms with Crippen molar-refractivity contribution in [2.75, 3.05) is 19.0 Å². The summed E-state index contributed by atoms with van der Waals surface area (Å²) in [5.74, 6) is 1.61. The molecule has 1 aromatic rings. The second-order valence-electron chi connectivity index (χ2n) is 4.50. The molecule has 0 bridgehead atoms. The van der Waals surface area contributed by atoms with Crippen LogP contribution in [0.2, 0.25) is 0 Å². The van der Waals surface area contributed by atoms with Crippen LogP contribution in [0.1, 0.15) is 19.3 Å². The standard InChI is InChI=1S/C13H17BrClNO/c14-11-2-4-12(5-3-11)17-9-8-16-13(10-15)6-1-7-13/h2-5,16H,1,6-10H2. The topological polar surface area (TPSA) is 21.3 Å². The van der Waals surface area contributed by atoms with Gasteiger partial charge in [0.2, 0.25) is 0 Å². The third-order valence-corrected chi connectivity index (χ3v) is 4.29. The predicted octanol–water partition coefficient (Wildman–Crippen LogP) is 3.58. The summed E-state index contributed by atoms with van der Waals surface area (Å²) in [6.07, 6.45) is 3.66. The van der Waals surface area contributed by atoms with E-state index in [-0.39, 0.29) is 5.54 Å². The van der Waals surface area contributed by atoms with Gasteiger partial charge in [0.1, 0.15) is 12.4 Å². The van der Waals surface area contributed by atoms with Gasteiger partial charge in [-0.3, -0.25) is 0 Å². The fourth-order valence-corrected chi connectivity index (χ4v) is 2.60. The zero-order chi connectivity index (χ0) is 12.1. The van der Waals surface area contributed by atoms with Gasteiger partial charge in [0.05, 0.1) is 0 Å². The van der Waals surface area contributed by atoms with Crippen LogP contribution < -0.4 is 10.1 Å². The molecule has 94 valence electrons. The number of halogens is 2. The zero-order valence-corrected chi connectivity index (χ0v) is 12.1. The van der Waals surface area contributed by atoms with Crippen molar-refractivity contribution in [1.29, 1.82) is 0 Å². The number of nitrogens with one attached hydrogen (secondary N) is 1. The summed E-state index contributed by atoms with van der Waals surface area (Å²) in [6.45, 7) is 1.53. The SMILES string of the molecule is ClCC1(NCCOc2ccc(Br)cc2)CCC1. The van der Waals surface area contributed by atoms with E-state index in [1.807, 2.05) is 24.3 Å². The molecule has 0 aliphatic heterocycles. The lowest BCUT2D eigenvalue weighted by Crippen LogP contribution is -2.53. The first kappa shape index (κ1) is 13.2. The maximum Gasteiger partial charge on any atom is 0.119 e. The fourth-order valence-electron chi connectivity index (χ4n) is 1.98. The highest BCUT2D eigenvalue weighted by Crippen LogP contribution is 2.32. The van der Waals surface area contributed by atoms with Gasteiger partial charge in [0.25, 0.3) is 0 Å². The van der Waals surface area contributed by atoms with Crippen molar-refractivity contribution < 1.29 is 4.74 Å². The van der Waals surface area contributed by atoms with Crippen molar-refractivity contribution in [2.45, 2.75) is 24.8 Å². The minimum atomic E-state index is 0.185. The molecule has 1 saturated carbocycles. The minimum Gasteiger partial charge on any atom is -0.492 e. The third kappa shape index (κ3) is 3.60. The maximum absolute atomic E-state index is 5.96. The Morgan fingerprint density at radius 3 is 2.53 bits per heavy atom. The molecule has 2 rings (SSSR count). The van der Waals surface area contributed by atoms with Crippen LogP contribution in [-0.2, 0) is 0 Å². The van der Waals surface area contributed by atoms with Crippen molar-refractivity contribution >= 4 is 27.5 Å².